The van der Waals surface area contributed by atoms with Crippen LogP contribution in [-0.4, -0.2) is 35.7 Å². The van der Waals surface area contributed by atoms with Crippen molar-refractivity contribution in [1.82, 2.24) is 0 Å². The Bertz CT molecular complexity index is 406. The van der Waals surface area contributed by atoms with Gasteiger partial charge < -0.3 is 5.11 Å². The third kappa shape index (κ3) is 12.9. The molecule has 0 saturated heterocycles. The van der Waals surface area contributed by atoms with Crippen molar-refractivity contribution >= 4 is 15.9 Å². The van der Waals surface area contributed by atoms with Crippen molar-refractivity contribution in [2.24, 2.45) is 0 Å². The first kappa shape index (κ1) is 23.5. The third-order valence-electron chi connectivity index (χ3n) is 4.41. The summed E-state index contributed by atoms with van der Waals surface area (Å²) >= 11 is 0. The average Bonchev–Trinajstić information content (AvgIpc) is 2.51. The standard InChI is InChI=1S/C18H36O5S/c1-2-3-4-5-6-7-8-9-10-11-12-13-14-15-17(20)18(16-19)24(21,22)23/h18-19H,2-16H2,1H3,(H,21,22,23). The Kier molecular flexibility index (Phi) is 14.6. The van der Waals surface area contributed by atoms with Gasteiger partial charge in [-0.1, -0.05) is 84.0 Å². The summed E-state index contributed by atoms with van der Waals surface area (Å²) in [5, 5.41) is 7.20. The van der Waals surface area contributed by atoms with E-state index in [9.17, 15) is 13.2 Å². The Hall–Kier alpha value is -0.460. The van der Waals surface area contributed by atoms with Crippen LogP contribution in [0, 0.1) is 0 Å². The minimum Gasteiger partial charge on any atom is -0.394 e. The minimum atomic E-state index is -4.48. The highest BCUT2D eigenvalue weighted by Gasteiger charge is 2.29. The molecular formula is C18H36O5S. The van der Waals surface area contributed by atoms with Gasteiger partial charge in [-0.05, 0) is 6.42 Å². The molecule has 0 spiro atoms. The van der Waals surface area contributed by atoms with Gasteiger partial charge in [0.15, 0.2) is 11.0 Å². The summed E-state index contributed by atoms with van der Waals surface area (Å²) in [6.45, 7) is 1.38. The minimum absolute atomic E-state index is 0.1000. The van der Waals surface area contributed by atoms with Gasteiger partial charge in [0.2, 0.25) is 0 Å². The van der Waals surface area contributed by atoms with Crippen LogP contribution in [0.1, 0.15) is 96.8 Å². The zero-order chi connectivity index (χ0) is 18.3. The first-order valence-corrected chi connectivity index (χ1v) is 11.0. The lowest BCUT2D eigenvalue weighted by atomic mass is 10.0. The number of carbonyl (C=O) groups is 1. The van der Waals surface area contributed by atoms with Crippen molar-refractivity contribution in [2.75, 3.05) is 6.61 Å². The number of unbranched alkanes of at least 4 members (excludes halogenated alkanes) is 12. The van der Waals surface area contributed by atoms with Crippen LogP contribution in [-0.2, 0) is 14.9 Å². The molecule has 0 radical (unpaired) electrons. The van der Waals surface area contributed by atoms with Gasteiger partial charge in [-0.15, -0.1) is 0 Å². The molecule has 0 aliphatic carbocycles. The van der Waals surface area contributed by atoms with Gasteiger partial charge in [0, 0.05) is 6.42 Å². The lowest BCUT2D eigenvalue weighted by Crippen LogP contribution is -2.33. The monoisotopic (exact) mass is 364 g/mol. The largest absolute Gasteiger partial charge is 0.394 e. The average molecular weight is 365 g/mol. The zero-order valence-corrected chi connectivity index (χ0v) is 16.0. The lowest BCUT2D eigenvalue weighted by molar-refractivity contribution is -0.119. The van der Waals surface area contributed by atoms with E-state index >= 15 is 0 Å². The number of Topliss-reactive ketones (excluding diaryl/α,β-unsaturated/α-hetero) is 1. The number of ketones is 1. The highest BCUT2D eigenvalue weighted by molar-refractivity contribution is 7.87. The Morgan fingerprint density at radius 3 is 1.50 bits per heavy atom. The summed E-state index contributed by atoms with van der Waals surface area (Å²) in [6, 6.07) is 0. The quantitative estimate of drug-likeness (QED) is 0.297. The Morgan fingerprint density at radius 2 is 1.17 bits per heavy atom. The maximum atomic E-state index is 11.6. The van der Waals surface area contributed by atoms with Crippen LogP contribution in [0.3, 0.4) is 0 Å². The molecule has 144 valence electrons. The molecule has 0 heterocycles. The van der Waals surface area contributed by atoms with Gasteiger partial charge in [-0.2, -0.15) is 8.42 Å². The molecule has 1 unspecified atom stereocenters. The molecule has 6 heteroatoms. The fourth-order valence-corrected chi connectivity index (χ4v) is 3.48. The predicted octanol–water partition coefficient (Wildman–Crippen LogP) is 4.29. The fraction of sp³-hybridized carbons (Fsp3) is 0.944. The molecule has 0 aromatic carbocycles. The molecule has 0 amide bonds. The molecule has 0 saturated carbocycles. The molecule has 0 fully saturated rings. The molecule has 5 nitrogen and oxygen atoms in total. The van der Waals surface area contributed by atoms with Gasteiger partial charge in [0.1, 0.15) is 0 Å². The van der Waals surface area contributed by atoms with Crippen molar-refractivity contribution in [2.45, 2.75) is 102 Å². The maximum Gasteiger partial charge on any atom is 0.277 e. The van der Waals surface area contributed by atoms with Crippen molar-refractivity contribution in [3.63, 3.8) is 0 Å². The van der Waals surface area contributed by atoms with Gasteiger partial charge in [0.05, 0.1) is 6.61 Å². The van der Waals surface area contributed by atoms with E-state index in [1.54, 1.807) is 0 Å². The molecule has 0 aromatic heterocycles. The SMILES string of the molecule is CCCCCCCCCCCCCCCC(=O)C(CO)S(=O)(=O)O. The van der Waals surface area contributed by atoms with Crippen LogP contribution in [0.15, 0.2) is 0 Å². The van der Waals surface area contributed by atoms with Crippen molar-refractivity contribution in [1.29, 1.82) is 0 Å². The van der Waals surface area contributed by atoms with Crippen LogP contribution in [0.5, 0.6) is 0 Å². The van der Waals surface area contributed by atoms with E-state index in [-0.39, 0.29) is 6.42 Å². The van der Waals surface area contributed by atoms with Gasteiger partial charge in [-0.25, -0.2) is 0 Å². The second-order valence-corrected chi connectivity index (χ2v) is 8.24. The highest BCUT2D eigenvalue weighted by atomic mass is 32.2. The molecule has 2 N–H and O–H groups in total. The summed E-state index contributed by atoms with van der Waals surface area (Å²) in [5.41, 5.74) is 0. The van der Waals surface area contributed by atoms with E-state index < -0.39 is 27.8 Å². The summed E-state index contributed by atoms with van der Waals surface area (Å²) in [4.78, 5) is 11.6. The van der Waals surface area contributed by atoms with Gasteiger partial charge in [0.25, 0.3) is 10.1 Å². The topological polar surface area (TPSA) is 91.7 Å². The van der Waals surface area contributed by atoms with Crippen molar-refractivity contribution < 1.29 is 22.9 Å². The van der Waals surface area contributed by atoms with Crippen molar-refractivity contribution in [3.8, 4) is 0 Å². The first-order chi connectivity index (χ1) is 11.4. The number of aliphatic hydroxyl groups is 1. The van der Waals surface area contributed by atoms with Crippen LogP contribution >= 0.6 is 0 Å². The molecule has 0 aliphatic rings. The second kappa shape index (κ2) is 14.8. The number of rotatable bonds is 17. The van der Waals surface area contributed by atoms with E-state index in [0.717, 1.165) is 19.3 Å². The van der Waals surface area contributed by atoms with Crippen LogP contribution in [0.2, 0.25) is 0 Å². The lowest BCUT2D eigenvalue weighted by Gasteiger charge is -2.09. The summed E-state index contributed by atoms with van der Waals surface area (Å²) < 4.78 is 30.7. The number of aliphatic hydroxyl groups excluding tert-OH is 1. The number of hydrogen-bond donors (Lipinski definition) is 2. The van der Waals surface area contributed by atoms with Gasteiger partial charge in [-0.3, -0.25) is 9.35 Å². The molecule has 1 atom stereocenters. The van der Waals surface area contributed by atoms with E-state index in [1.165, 1.54) is 57.8 Å². The molecule has 0 aromatic rings. The van der Waals surface area contributed by atoms with Crippen molar-refractivity contribution in [3.05, 3.63) is 0 Å². The van der Waals surface area contributed by atoms with E-state index in [4.69, 9.17) is 9.66 Å². The van der Waals surface area contributed by atoms with Crippen LogP contribution < -0.4 is 0 Å². The second-order valence-electron chi connectivity index (χ2n) is 6.65. The third-order valence-corrected chi connectivity index (χ3v) is 5.54. The van der Waals surface area contributed by atoms with Gasteiger partial charge >= 0.3 is 0 Å². The summed E-state index contributed by atoms with van der Waals surface area (Å²) in [7, 11) is -4.48. The summed E-state index contributed by atoms with van der Waals surface area (Å²) in [5.74, 6) is -0.594. The number of hydrogen-bond acceptors (Lipinski definition) is 4. The molecule has 0 bridgehead atoms. The smallest absolute Gasteiger partial charge is 0.277 e. The molecule has 0 aliphatic heterocycles. The van der Waals surface area contributed by atoms with E-state index in [0.29, 0.717) is 6.42 Å². The maximum absolute atomic E-state index is 11.6. The normalized spacial score (nSPS) is 13.1. The number of carbonyl (C=O) groups excluding carboxylic acids is 1. The molecular weight excluding hydrogens is 328 g/mol. The van der Waals surface area contributed by atoms with E-state index in [1.807, 2.05) is 0 Å². The van der Waals surface area contributed by atoms with E-state index in [2.05, 4.69) is 6.92 Å². The zero-order valence-electron chi connectivity index (χ0n) is 15.2. The first-order valence-electron chi connectivity index (χ1n) is 9.53. The Morgan fingerprint density at radius 1 is 0.792 bits per heavy atom. The van der Waals surface area contributed by atoms with Crippen LogP contribution in [0.25, 0.3) is 0 Å². The van der Waals surface area contributed by atoms with Crippen LogP contribution in [0.4, 0.5) is 0 Å². The Labute approximate surface area is 148 Å². The predicted molar refractivity (Wildman–Crippen MR) is 97.7 cm³/mol. The highest BCUT2D eigenvalue weighted by Crippen LogP contribution is 2.14. The molecule has 0 rings (SSSR count). The summed E-state index contributed by atoms with van der Waals surface area (Å²) in [6.07, 6.45) is 15.6. The Balaban J connectivity index is 3.44. The molecule has 24 heavy (non-hydrogen) atoms. The fourth-order valence-electron chi connectivity index (χ4n) is 2.84.